The summed E-state index contributed by atoms with van der Waals surface area (Å²) in [4.78, 5) is 0. The van der Waals surface area contributed by atoms with Crippen LogP contribution in [-0.4, -0.2) is 13.9 Å². The Morgan fingerprint density at radius 2 is 1.86 bits per heavy atom. The first-order valence-corrected chi connectivity index (χ1v) is 6.93. The summed E-state index contributed by atoms with van der Waals surface area (Å²) in [5.74, 6) is 2.28. The average Bonchev–Trinajstić information content (AvgIpc) is 3.03. The fourth-order valence-electron chi connectivity index (χ4n) is 2.38. The van der Waals surface area contributed by atoms with Gasteiger partial charge in [0, 0.05) is 0 Å². The van der Waals surface area contributed by atoms with Crippen LogP contribution in [0.15, 0.2) is 48.5 Å². The molecule has 0 atom stereocenters. The molecule has 2 aromatic carbocycles. The van der Waals surface area contributed by atoms with Crippen molar-refractivity contribution in [1.82, 2.24) is 0 Å². The first-order valence-electron chi connectivity index (χ1n) is 6.93. The van der Waals surface area contributed by atoms with Gasteiger partial charge in [-0.2, -0.15) is 5.26 Å². The molecule has 0 amide bonds. The normalized spacial score (nSPS) is 12.8. The summed E-state index contributed by atoms with van der Waals surface area (Å²) in [5, 5.41) is 8.89. The Morgan fingerprint density at radius 1 is 1.14 bits per heavy atom. The number of rotatable bonds is 4. The molecule has 0 N–H and O–H groups in total. The molecule has 1 heterocycles. The van der Waals surface area contributed by atoms with Gasteiger partial charge >= 0.3 is 0 Å². The number of methoxy groups -OCH3 is 1. The van der Waals surface area contributed by atoms with Gasteiger partial charge in [0.15, 0.2) is 11.5 Å². The van der Waals surface area contributed by atoms with Crippen molar-refractivity contribution in [3.05, 3.63) is 59.7 Å². The van der Waals surface area contributed by atoms with Gasteiger partial charge in [0.2, 0.25) is 6.79 Å². The van der Waals surface area contributed by atoms with Crippen LogP contribution in [0.25, 0.3) is 5.57 Å². The van der Waals surface area contributed by atoms with Gasteiger partial charge in [-0.05, 0) is 41.0 Å². The third-order valence-electron chi connectivity index (χ3n) is 3.48. The van der Waals surface area contributed by atoms with Crippen molar-refractivity contribution < 1.29 is 14.2 Å². The average molecular weight is 293 g/mol. The zero-order chi connectivity index (χ0) is 15.4. The summed E-state index contributed by atoms with van der Waals surface area (Å²) in [6, 6.07) is 15.7. The first-order chi connectivity index (χ1) is 10.8. The molecule has 1 aliphatic heterocycles. The third kappa shape index (κ3) is 2.75. The van der Waals surface area contributed by atoms with Crippen LogP contribution in [-0.2, 0) is 0 Å². The fourth-order valence-corrected chi connectivity index (χ4v) is 2.38. The van der Waals surface area contributed by atoms with E-state index in [1.807, 2.05) is 48.5 Å². The van der Waals surface area contributed by atoms with E-state index >= 15 is 0 Å². The maximum atomic E-state index is 8.89. The summed E-state index contributed by atoms with van der Waals surface area (Å²) in [6.07, 6.45) is 2.26. The van der Waals surface area contributed by atoms with E-state index in [1.165, 1.54) is 0 Å². The third-order valence-corrected chi connectivity index (χ3v) is 3.48. The van der Waals surface area contributed by atoms with Crippen molar-refractivity contribution in [2.75, 3.05) is 13.9 Å². The number of ether oxygens (including phenoxy) is 3. The molecular weight excluding hydrogens is 278 g/mol. The Hall–Kier alpha value is -2.93. The van der Waals surface area contributed by atoms with E-state index in [0.29, 0.717) is 6.42 Å². The van der Waals surface area contributed by atoms with Crippen LogP contribution in [0, 0.1) is 11.3 Å². The lowest BCUT2D eigenvalue weighted by Gasteiger charge is -2.10. The van der Waals surface area contributed by atoms with Gasteiger partial charge in [0.25, 0.3) is 0 Å². The van der Waals surface area contributed by atoms with Crippen molar-refractivity contribution in [2.45, 2.75) is 6.42 Å². The number of nitrogens with zero attached hydrogens (tertiary/aromatic N) is 1. The van der Waals surface area contributed by atoms with Gasteiger partial charge in [-0.1, -0.05) is 24.3 Å². The molecule has 1 aliphatic rings. The Bertz CT molecular complexity index is 742. The number of hydrogen-bond donors (Lipinski definition) is 0. The van der Waals surface area contributed by atoms with Crippen molar-refractivity contribution >= 4 is 5.57 Å². The molecular formula is C18H15NO3. The SMILES string of the molecule is COc1ccc(/C(=C/CC#N)c2ccc3c(c2)OCO3)cc1. The predicted molar refractivity (Wildman–Crippen MR) is 82.9 cm³/mol. The molecule has 0 aliphatic carbocycles. The molecule has 4 nitrogen and oxygen atoms in total. The van der Waals surface area contributed by atoms with Crippen molar-refractivity contribution in [1.29, 1.82) is 5.26 Å². The van der Waals surface area contributed by atoms with Crippen LogP contribution in [0.4, 0.5) is 0 Å². The highest BCUT2D eigenvalue weighted by Crippen LogP contribution is 2.36. The lowest BCUT2D eigenvalue weighted by atomic mass is 9.96. The van der Waals surface area contributed by atoms with E-state index < -0.39 is 0 Å². The second-order valence-electron chi connectivity index (χ2n) is 4.78. The van der Waals surface area contributed by atoms with Crippen LogP contribution in [0.5, 0.6) is 17.2 Å². The summed E-state index contributed by atoms with van der Waals surface area (Å²) in [7, 11) is 1.64. The van der Waals surface area contributed by atoms with Crippen LogP contribution >= 0.6 is 0 Å². The highest BCUT2D eigenvalue weighted by Gasteiger charge is 2.15. The van der Waals surface area contributed by atoms with Crippen LogP contribution in [0.1, 0.15) is 17.5 Å². The molecule has 0 fully saturated rings. The minimum absolute atomic E-state index is 0.249. The summed E-state index contributed by atoms with van der Waals surface area (Å²) in [5.41, 5.74) is 3.00. The Labute approximate surface area is 129 Å². The molecule has 0 saturated heterocycles. The number of fused-ring (bicyclic) bond motifs is 1. The smallest absolute Gasteiger partial charge is 0.231 e. The molecule has 0 radical (unpaired) electrons. The van der Waals surface area contributed by atoms with Crippen LogP contribution in [0.2, 0.25) is 0 Å². The van der Waals surface area contributed by atoms with Gasteiger partial charge in [0.05, 0.1) is 19.6 Å². The van der Waals surface area contributed by atoms with Gasteiger partial charge in [-0.25, -0.2) is 0 Å². The minimum Gasteiger partial charge on any atom is -0.497 e. The highest BCUT2D eigenvalue weighted by molar-refractivity contribution is 5.81. The van der Waals surface area contributed by atoms with Gasteiger partial charge in [0.1, 0.15) is 5.75 Å². The highest BCUT2D eigenvalue weighted by atomic mass is 16.7. The minimum atomic E-state index is 0.249. The molecule has 3 rings (SSSR count). The van der Waals surface area contributed by atoms with E-state index in [2.05, 4.69) is 6.07 Å². The summed E-state index contributed by atoms with van der Waals surface area (Å²) < 4.78 is 16.0. The molecule has 110 valence electrons. The maximum absolute atomic E-state index is 8.89. The lowest BCUT2D eigenvalue weighted by Crippen LogP contribution is -1.93. The number of allylic oxidation sites excluding steroid dienone is 1. The van der Waals surface area contributed by atoms with Crippen LogP contribution in [0.3, 0.4) is 0 Å². The number of hydrogen-bond acceptors (Lipinski definition) is 4. The van der Waals surface area contributed by atoms with Crippen molar-refractivity contribution in [3.8, 4) is 23.3 Å². The molecule has 2 aromatic rings. The molecule has 4 heteroatoms. The second-order valence-corrected chi connectivity index (χ2v) is 4.78. The maximum Gasteiger partial charge on any atom is 0.231 e. The molecule has 0 saturated carbocycles. The van der Waals surface area contributed by atoms with Gasteiger partial charge in [-0.15, -0.1) is 0 Å². The second kappa shape index (κ2) is 6.23. The van der Waals surface area contributed by atoms with Crippen molar-refractivity contribution in [2.24, 2.45) is 0 Å². The Morgan fingerprint density at radius 3 is 2.59 bits per heavy atom. The van der Waals surface area contributed by atoms with Crippen molar-refractivity contribution in [3.63, 3.8) is 0 Å². The lowest BCUT2D eigenvalue weighted by molar-refractivity contribution is 0.174. The van der Waals surface area contributed by atoms with Crippen LogP contribution < -0.4 is 14.2 Å². The number of nitriles is 1. The zero-order valence-corrected chi connectivity index (χ0v) is 12.2. The molecule has 0 spiro atoms. The van der Waals surface area contributed by atoms with Gasteiger partial charge in [-0.3, -0.25) is 0 Å². The number of benzene rings is 2. The first kappa shape index (κ1) is 14.0. The topological polar surface area (TPSA) is 51.5 Å². The zero-order valence-electron chi connectivity index (χ0n) is 12.2. The monoisotopic (exact) mass is 293 g/mol. The quantitative estimate of drug-likeness (QED) is 0.861. The summed E-state index contributed by atoms with van der Waals surface area (Å²) >= 11 is 0. The van der Waals surface area contributed by atoms with E-state index in [-0.39, 0.29) is 6.79 Å². The standard InChI is InChI=1S/C18H15NO3/c1-20-15-7-4-13(5-8-15)16(3-2-10-19)14-6-9-17-18(11-14)22-12-21-17/h3-9,11H,2,12H2,1H3/b16-3-. The van der Waals surface area contributed by atoms with E-state index in [9.17, 15) is 0 Å². The fraction of sp³-hybridized carbons (Fsp3) is 0.167. The molecule has 0 unspecified atom stereocenters. The van der Waals surface area contributed by atoms with E-state index in [4.69, 9.17) is 19.5 Å². The molecule has 0 bridgehead atoms. The predicted octanol–water partition coefficient (Wildman–Crippen LogP) is 3.77. The van der Waals surface area contributed by atoms with E-state index in [0.717, 1.165) is 33.9 Å². The van der Waals surface area contributed by atoms with Gasteiger partial charge < -0.3 is 14.2 Å². The Kier molecular flexibility index (Phi) is 3.97. The van der Waals surface area contributed by atoms with E-state index in [1.54, 1.807) is 7.11 Å². The Balaban J connectivity index is 2.01. The largest absolute Gasteiger partial charge is 0.497 e. The summed E-state index contributed by atoms with van der Waals surface area (Å²) in [6.45, 7) is 0.249. The molecule has 22 heavy (non-hydrogen) atoms. The molecule has 0 aromatic heterocycles.